The van der Waals surface area contributed by atoms with Gasteiger partial charge in [-0.05, 0) is 55.2 Å². The largest absolute Gasteiger partial charge is 0.247 e. The van der Waals surface area contributed by atoms with E-state index in [0.717, 1.165) is 18.6 Å². The van der Waals surface area contributed by atoms with E-state index in [9.17, 15) is 26.3 Å². The smallest absolute Gasteiger partial charge is 0.194 e. The first kappa shape index (κ1) is 18.6. The lowest BCUT2D eigenvalue weighted by Gasteiger charge is -2.23. The maximum Gasteiger partial charge on any atom is 0.194 e. The fourth-order valence-electron chi connectivity index (χ4n) is 4.74. The van der Waals surface area contributed by atoms with Crippen LogP contribution >= 0.6 is 0 Å². The minimum absolute atomic E-state index is 0.0184. The highest BCUT2D eigenvalue weighted by Gasteiger charge is 2.51. The van der Waals surface area contributed by atoms with Gasteiger partial charge in [0, 0.05) is 11.8 Å². The number of benzene rings is 1. The Morgan fingerprint density at radius 3 is 2.16 bits per heavy atom. The van der Waals surface area contributed by atoms with Crippen LogP contribution in [0.25, 0.3) is 0 Å². The average molecular weight is 364 g/mol. The first-order valence-corrected chi connectivity index (χ1v) is 8.90. The third-order valence-electron chi connectivity index (χ3n) is 5.93. The summed E-state index contributed by atoms with van der Waals surface area (Å²) in [5.74, 6) is -7.22. The van der Waals surface area contributed by atoms with E-state index in [-0.39, 0.29) is 24.8 Å². The van der Waals surface area contributed by atoms with Crippen molar-refractivity contribution in [3.63, 3.8) is 0 Å². The third kappa shape index (κ3) is 3.41. The summed E-state index contributed by atoms with van der Waals surface area (Å²) in [7, 11) is 0. The van der Waals surface area contributed by atoms with Gasteiger partial charge < -0.3 is 0 Å². The predicted octanol–water partition coefficient (Wildman–Crippen LogP) is 6.05. The highest BCUT2D eigenvalue weighted by molar-refractivity contribution is 5.26. The van der Waals surface area contributed by atoms with E-state index >= 15 is 0 Å². The standard InChI is InChI=1S/C19H22F6/c1-2-3-9-5-14(21)17-11(8-13(9)20)4-12(18(17)24)10-6-15(22)19(25)16(23)7-10/h6-7,9,11-14,17-18H,2-5,8H2,1H3. The number of alkyl halides is 3. The molecule has 0 spiro atoms. The Bertz CT molecular complexity index is 595. The van der Waals surface area contributed by atoms with E-state index in [4.69, 9.17) is 0 Å². The van der Waals surface area contributed by atoms with E-state index < -0.39 is 59.6 Å². The minimum Gasteiger partial charge on any atom is -0.247 e. The average Bonchev–Trinajstić information content (AvgIpc) is 2.81. The molecule has 2 fully saturated rings. The van der Waals surface area contributed by atoms with Crippen molar-refractivity contribution >= 4 is 0 Å². The molecule has 1 aromatic rings. The Kier molecular flexibility index (Phi) is 5.35. The van der Waals surface area contributed by atoms with Crippen LogP contribution in [0.3, 0.4) is 0 Å². The van der Waals surface area contributed by atoms with Crippen LogP contribution in [0.2, 0.25) is 0 Å². The van der Waals surface area contributed by atoms with Crippen molar-refractivity contribution in [3.05, 3.63) is 35.1 Å². The zero-order valence-corrected chi connectivity index (χ0v) is 14.0. The molecule has 0 N–H and O–H groups in total. The zero-order chi connectivity index (χ0) is 18.3. The van der Waals surface area contributed by atoms with Gasteiger partial charge in [0.05, 0.1) is 0 Å². The Hall–Kier alpha value is -1.20. The van der Waals surface area contributed by atoms with Crippen LogP contribution in [-0.2, 0) is 0 Å². The van der Waals surface area contributed by atoms with Crippen LogP contribution in [0.5, 0.6) is 0 Å². The number of halogens is 6. The molecule has 7 atom stereocenters. The predicted molar refractivity (Wildman–Crippen MR) is 83.0 cm³/mol. The molecule has 0 aromatic heterocycles. The summed E-state index contributed by atoms with van der Waals surface area (Å²) in [5.41, 5.74) is -0.0234. The molecular weight excluding hydrogens is 342 g/mol. The van der Waals surface area contributed by atoms with Crippen LogP contribution in [0.1, 0.15) is 50.5 Å². The summed E-state index contributed by atoms with van der Waals surface area (Å²) >= 11 is 0. The lowest BCUT2D eigenvalue weighted by Crippen LogP contribution is -2.28. The molecule has 2 aliphatic carbocycles. The molecule has 6 heteroatoms. The zero-order valence-electron chi connectivity index (χ0n) is 14.0. The molecule has 3 rings (SSSR count). The second-order valence-corrected chi connectivity index (χ2v) is 7.47. The quantitative estimate of drug-likeness (QED) is 0.453. The molecule has 7 unspecified atom stereocenters. The topological polar surface area (TPSA) is 0 Å². The molecule has 0 heterocycles. The van der Waals surface area contributed by atoms with Crippen LogP contribution in [0, 0.1) is 35.2 Å². The molecule has 0 bridgehead atoms. The molecule has 25 heavy (non-hydrogen) atoms. The van der Waals surface area contributed by atoms with E-state index in [0.29, 0.717) is 6.42 Å². The van der Waals surface area contributed by atoms with Crippen LogP contribution in [0.15, 0.2) is 12.1 Å². The fraction of sp³-hybridized carbons (Fsp3) is 0.684. The first-order valence-electron chi connectivity index (χ1n) is 8.90. The van der Waals surface area contributed by atoms with Crippen LogP contribution in [0.4, 0.5) is 26.3 Å². The molecule has 140 valence electrons. The molecule has 0 aliphatic heterocycles. The molecule has 1 aromatic carbocycles. The Balaban J connectivity index is 1.85. The van der Waals surface area contributed by atoms with Crippen LogP contribution in [-0.4, -0.2) is 18.5 Å². The fourth-order valence-corrected chi connectivity index (χ4v) is 4.74. The van der Waals surface area contributed by atoms with E-state index in [2.05, 4.69) is 0 Å². The van der Waals surface area contributed by atoms with Gasteiger partial charge in [0.2, 0.25) is 0 Å². The van der Waals surface area contributed by atoms with E-state index in [1.807, 2.05) is 6.92 Å². The maximum absolute atomic E-state index is 14.9. The molecule has 2 saturated carbocycles. The molecule has 0 saturated heterocycles. The van der Waals surface area contributed by atoms with Crippen molar-refractivity contribution in [2.75, 3.05) is 0 Å². The molecule has 2 aliphatic rings. The summed E-state index contributed by atoms with van der Waals surface area (Å²) in [6, 6.07) is 1.53. The summed E-state index contributed by atoms with van der Waals surface area (Å²) in [4.78, 5) is 0. The van der Waals surface area contributed by atoms with Gasteiger partial charge in [0.25, 0.3) is 0 Å². The SMILES string of the molecule is CCCC1CC(F)C2C(CC1F)CC(c1cc(F)c(F)c(F)c1)C2F. The van der Waals surface area contributed by atoms with Gasteiger partial charge in [-0.1, -0.05) is 13.3 Å². The summed E-state index contributed by atoms with van der Waals surface area (Å²) in [6.45, 7) is 1.90. The second-order valence-electron chi connectivity index (χ2n) is 7.47. The molecule has 0 amide bonds. The van der Waals surface area contributed by atoms with Gasteiger partial charge in [-0.3, -0.25) is 0 Å². The van der Waals surface area contributed by atoms with Crippen molar-refractivity contribution in [1.29, 1.82) is 0 Å². The third-order valence-corrected chi connectivity index (χ3v) is 5.93. The molecule has 0 radical (unpaired) electrons. The van der Waals surface area contributed by atoms with Gasteiger partial charge in [-0.25, -0.2) is 26.3 Å². The van der Waals surface area contributed by atoms with E-state index in [1.165, 1.54) is 0 Å². The van der Waals surface area contributed by atoms with Crippen molar-refractivity contribution < 1.29 is 26.3 Å². The number of rotatable bonds is 3. The Morgan fingerprint density at radius 2 is 1.56 bits per heavy atom. The number of fused-ring (bicyclic) bond motifs is 1. The molecule has 0 nitrogen and oxygen atoms in total. The van der Waals surface area contributed by atoms with Gasteiger partial charge in [-0.2, -0.15) is 0 Å². The normalized spacial score (nSPS) is 38.4. The minimum atomic E-state index is -1.66. The van der Waals surface area contributed by atoms with Crippen molar-refractivity contribution in [2.24, 2.45) is 17.8 Å². The summed E-state index contributed by atoms with van der Waals surface area (Å²) in [6.07, 6.45) is -2.85. The first-order chi connectivity index (χ1) is 11.8. The van der Waals surface area contributed by atoms with Gasteiger partial charge in [-0.15, -0.1) is 0 Å². The number of hydrogen-bond acceptors (Lipinski definition) is 0. The van der Waals surface area contributed by atoms with Gasteiger partial charge in [0.15, 0.2) is 17.5 Å². The van der Waals surface area contributed by atoms with Gasteiger partial charge >= 0.3 is 0 Å². The van der Waals surface area contributed by atoms with Crippen LogP contribution < -0.4 is 0 Å². The lowest BCUT2D eigenvalue weighted by molar-refractivity contribution is 0.107. The lowest BCUT2D eigenvalue weighted by atomic mass is 9.88. The van der Waals surface area contributed by atoms with Crippen molar-refractivity contribution in [1.82, 2.24) is 0 Å². The Morgan fingerprint density at radius 1 is 0.920 bits per heavy atom. The van der Waals surface area contributed by atoms with Crippen molar-refractivity contribution in [2.45, 2.75) is 63.5 Å². The molecular formula is C19H22F6. The van der Waals surface area contributed by atoms with E-state index in [1.54, 1.807) is 0 Å². The monoisotopic (exact) mass is 364 g/mol. The highest BCUT2D eigenvalue weighted by atomic mass is 19.2. The second kappa shape index (κ2) is 7.20. The highest BCUT2D eigenvalue weighted by Crippen LogP contribution is 2.52. The van der Waals surface area contributed by atoms with Gasteiger partial charge in [0.1, 0.15) is 18.5 Å². The Labute approximate surface area is 143 Å². The summed E-state index contributed by atoms with van der Waals surface area (Å²) < 4.78 is 84.2. The summed E-state index contributed by atoms with van der Waals surface area (Å²) in [5, 5.41) is 0. The van der Waals surface area contributed by atoms with Crippen molar-refractivity contribution in [3.8, 4) is 0 Å². The maximum atomic E-state index is 14.9. The number of hydrogen-bond donors (Lipinski definition) is 0.